The highest BCUT2D eigenvalue weighted by molar-refractivity contribution is 5.96. The quantitative estimate of drug-likeness (QED) is 0.515. The van der Waals surface area contributed by atoms with Crippen molar-refractivity contribution in [1.29, 1.82) is 0 Å². The summed E-state index contributed by atoms with van der Waals surface area (Å²) in [6.07, 6.45) is 0. The zero-order chi connectivity index (χ0) is 12.0. The molecule has 0 aliphatic rings. The maximum absolute atomic E-state index is 12.2. The Morgan fingerprint density at radius 2 is 1.76 bits per heavy atom. The Balaban J connectivity index is 2.64. The van der Waals surface area contributed by atoms with Crippen LogP contribution in [0.3, 0.4) is 0 Å². The highest BCUT2D eigenvalue weighted by atomic mass is 16.3. The molecule has 0 amide bonds. The Hall–Kier alpha value is -2.49. The number of phenols is 2. The van der Waals surface area contributed by atoms with Gasteiger partial charge in [0.2, 0.25) is 5.43 Å². The molecule has 0 saturated heterocycles. The molecule has 0 bridgehead atoms. The standard InChI is InChI=1S/C13H9NO3/c15-7-5-10-12(11(16)6-7)13(17)8-3-1-2-4-9(8)14-10/h1-6,15-16H,(H,14,17). The van der Waals surface area contributed by atoms with Crippen LogP contribution in [0.2, 0.25) is 0 Å². The van der Waals surface area contributed by atoms with Gasteiger partial charge in [0, 0.05) is 23.0 Å². The normalized spacial score (nSPS) is 11.1. The van der Waals surface area contributed by atoms with Gasteiger partial charge in [-0.3, -0.25) is 4.79 Å². The van der Waals surface area contributed by atoms with Gasteiger partial charge in [0.1, 0.15) is 11.5 Å². The minimum absolute atomic E-state index is 0.0825. The number of aromatic amines is 1. The van der Waals surface area contributed by atoms with Gasteiger partial charge in [-0.05, 0) is 12.1 Å². The van der Waals surface area contributed by atoms with Gasteiger partial charge in [0.05, 0.1) is 10.9 Å². The van der Waals surface area contributed by atoms with Gasteiger partial charge < -0.3 is 15.2 Å². The van der Waals surface area contributed by atoms with Crippen molar-refractivity contribution in [3.05, 3.63) is 46.6 Å². The number of aromatic hydroxyl groups is 2. The molecule has 0 atom stereocenters. The first-order valence-electron chi connectivity index (χ1n) is 5.13. The number of fused-ring (bicyclic) bond motifs is 2. The van der Waals surface area contributed by atoms with Crippen LogP contribution in [0.1, 0.15) is 0 Å². The predicted octanol–water partition coefficient (Wildman–Crippen LogP) is 2.09. The largest absolute Gasteiger partial charge is 0.508 e. The summed E-state index contributed by atoms with van der Waals surface area (Å²) in [6, 6.07) is 9.63. The predicted molar refractivity (Wildman–Crippen MR) is 65.4 cm³/mol. The minimum atomic E-state index is -0.244. The first kappa shape index (κ1) is 9.72. The molecule has 3 aromatic rings. The number of H-pyrrole nitrogens is 1. The molecule has 0 unspecified atom stereocenters. The molecule has 2 aromatic carbocycles. The lowest BCUT2D eigenvalue weighted by Crippen LogP contribution is -2.04. The molecular weight excluding hydrogens is 218 g/mol. The number of pyridine rings is 1. The van der Waals surface area contributed by atoms with Crippen molar-refractivity contribution in [2.75, 3.05) is 0 Å². The molecule has 0 saturated carbocycles. The number of aromatic nitrogens is 1. The topological polar surface area (TPSA) is 73.3 Å². The van der Waals surface area contributed by atoms with E-state index in [1.165, 1.54) is 6.07 Å². The summed E-state index contributed by atoms with van der Waals surface area (Å²) in [5, 5.41) is 19.8. The molecule has 4 heteroatoms. The fourth-order valence-corrected chi connectivity index (χ4v) is 2.02. The van der Waals surface area contributed by atoms with Gasteiger partial charge in [0.15, 0.2) is 0 Å². The highest BCUT2D eigenvalue weighted by Crippen LogP contribution is 2.27. The second-order valence-corrected chi connectivity index (χ2v) is 3.89. The van der Waals surface area contributed by atoms with Gasteiger partial charge in [-0.2, -0.15) is 0 Å². The molecule has 1 aromatic heterocycles. The Morgan fingerprint density at radius 1 is 1.00 bits per heavy atom. The maximum atomic E-state index is 12.2. The fourth-order valence-electron chi connectivity index (χ4n) is 2.02. The van der Waals surface area contributed by atoms with Crippen molar-refractivity contribution in [2.45, 2.75) is 0 Å². The summed E-state index contributed by atoms with van der Waals surface area (Å²) in [6.45, 7) is 0. The van der Waals surface area contributed by atoms with E-state index in [9.17, 15) is 15.0 Å². The first-order valence-corrected chi connectivity index (χ1v) is 5.13. The summed E-state index contributed by atoms with van der Waals surface area (Å²) in [7, 11) is 0. The fraction of sp³-hybridized carbons (Fsp3) is 0. The Bertz CT molecular complexity index is 790. The van der Waals surface area contributed by atoms with E-state index in [1.54, 1.807) is 18.2 Å². The number of rotatable bonds is 0. The van der Waals surface area contributed by atoms with E-state index in [0.29, 0.717) is 16.4 Å². The highest BCUT2D eigenvalue weighted by Gasteiger charge is 2.10. The van der Waals surface area contributed by atoms with Crippen LogP contribution in [-0.2, 0) is 0 Å². The van der Waals surface area contributed by atoms with Crippen molar-refractivity contribution >= 4 is 21.8 Å². The third-order valence-corrected chi connectivity index (χ3v) is 2.77. The lowest BCUT2D eigenvalue weighted by atomic mass is 10.1. The molecule has 0 fully saturated rings. The molecule has 3 N–H and O–H groups in total. The van der Waals surface area contributed by atoms with Crippen LogP contribution in [0.25, 0.3) is 21.8 Å². The summed E-state index contributed by atoms with van der Waals surface area (Å²) >= 11 is 0. The second-order valence-electron chi connectivity index (χ2n) is 3.89. The van der Waals surface area contributed by atoms with E-state index >= 15 is 0 Å². The third kappa shape index (κ3) is 1.34. The zero-order valence-electron chi connectivity index (χ0n) is 8.77. The number of benzene rings is 2. The zero-order valence-corrected chi connectivity index (χ0v) is 8.77. The van der Waals surface area contributed by atoms with Crippen molar-refractivity contribution in [1.82, 2.24) is 4.98 Å². The minimum Gasteiger partial charge on any atom is -0.508 e. The molecule has 3 rings (SSSR count). The van der Waals surface area contributed by atoms with Crippen LogP contribution in [0, 0.1) is 0 Å². The Kier molecular flexibility index (Phi) is 1.86. The van der Waals surface area contributed by atoms with Crippen LogP contribution < -0.4 is 5.43 Å². The van der Waals surface area contributed by atoms with E-state index in [2.05, 4.69) is 4.98 Å². The summed E-state index contributed by atoms with van der Waals surface area (Å²) in [4.78, 5) is 15.2. The van der Waals surface area contributed by atoms with Crippen LogP contribution in [0.15, 0.2) is 41.2 Å². The number of hydrogen-bond acceptors (Lipinski definition) is 3. The third-order valence-electron chi connectivity index (χ3n) is 2.77. The van der Waals surface area contributed by atoms with Crippen LogP contribution in [0.5, 0.6) is 11.5 Å². The number of phenolic OH excluding ortho intramolecular Hbond substituents is 2. The lowest BCUT2D eigenvalue weighted by molar-refractivity contribution is 0.455. The average molecular weight is 227 g/mol. The molecule has 4 nitrogen and oxygen atoms in total. The van der Waals surface area contributed by atoms with E-state index < -0.39 is 0 Å². The lowest BCUT2D eigenvalue weighted by Gasteiger charge is -2.04. The van der Waals surface area contributed by atoms with E-state index in [-0.39, 0.29) is 22.3 Å². The van der Waals surface area contributed by atoms with Crippen LogP contribution in [0.4, 0.5) is 0 Å². The van der Waals surface area contributed by atoms with Crippen molar-refractivity contribution in [3.63, 3.8) is 0 Å². The summed E-state index contributed by atoms with van der Waals surface area (Å²) < 4.78 is 0. The monoisotopic (exact) mass is 227 g/mol. The van der Waals surface area contributed by atoms with Crippen molar-refractivity contribution < 1.29 is 10.2 Å². The van der Waals surface area contributed by atoms with E-state index in [1.807, 2.05) is 6.07 Å². The summed E-state index contributed by atoms with van der Waals surface area (Å²) in [5.41, 5.74) is 0.855. The molecule has 0 spiro atoms. The van der Waals surface area contributed by atoms with Crippen LogP contribution in [-0.4, -0.2) is 15.2 Å². The number of hydrogen-bond donors (Lipinski definition) is 3. The molecule has 17 heavy (non-hydrogen) atoms. The smallest absolute Gasteiger partial charge is 0.200 e. The Labute approximate surface area is 95.8 Å². The molecule has 0 aliphatic carbocycles. The van der Waals surface area contributed by atoms with Crippen LogP contribution >= 0.6 is 0 Å². The SMILES string of the molecule is O=c1c2ccccc2[nH]c2cc(O)cc(O)c12. The second kappa shape index (κ2) is 3.25. The average Bonchev–Trinajstić information content (AvgIpc) is 2.28. The van der Waals surface area contributed by atoms with Gasteiger partial charge >= 0.3 is 0 Å². The van der Waals surface area contributed by atoms with Gasteiger partial charge in [0.25, 0.3) is 0 Å². The number of para-hydroxylation sites is 1. The maximum Gasteiger partial charge on any atom is 0.200 e. The molecule has 1 heterocycles. The van der Waals surface area contributed by atoms with E-state index in [0.717, 1.165) is 6.07 Å². The van der Waals surface area contributed by atoms with Gasteiger partial charge in [-0.15, -0.1) is 0 Å². The molecule has 0 aliphatic heterocycles. The molecular formula is C13H9NO3. The number of nitrogens with one attached hydrogen (secondary N) is 1. The van der Waals surface area contributed by atoms with Crippen molar-refractivity contribution in [2.24, 2.45) is 0 Å². The van der Waals surface area contributed by atoms with Crippen molar-refractivity contribution in [3.8, 4) is 11.5 Å². The molecule has 84 valence electrons. The Morgan fingerprint density at radius 3 is 2.59 bits per heavy atom. The van der Waals surface area contributed by atoms with Gasteiger partial charge in [-0.25, -0.2) is 0 Å². The van der Waals surface area contributed by atoms with Gasteiger partial charge in [-0.1, -0.05) is 12.1 Å². The first-order chi connectivity index (χ1) is 8.16. The molecule has 0 radical (unpaired) electrons. The van der Waals surface area contributed by atoms with E-state index in [4.69, 9.17) is 0 Å². The summed E-state index contributed by atoms with van der Waals surface area (Å²) in [5.74, 6) is -0.298.